The molecule has 1 aromatic rings. The Morgan fingerprint density at radius 3 is 2.29 bits per heavy atom. The van der Waals surface area contributed by atoms with Gasteiger partial charge in [-0.05, 0) is 58.3 Å². The molecule has 1 aromatic heterocycles. The van der Waals surface area contributed by atoms with Gasteiger partial charge in [-0.2, -0.15) is 11.3 Å². The van der Waals surface area contributed by atoms with Crippen molar-refractivity contribution in [2.75, 3.05) is 0 Å². The molecule has 1 fully saturated rings. The lowest BCUT2D eigenvalue weighted by atomic mass is 9.67. The number of hydrogen-bond acceptors (Lipinski definition) is 2. The summed E-state index contributed by atoms with van der Waals surface area (Å²) in [5, 5.41) is 14.9. The van der Waals surface area contributed by atoms with E-state index in [-0.39, 0.29) is 0 Å². The van der Waals surface area contributed by atoms with Crippen LogP contribution < -0.4 is 0 Å². The van der Waals surface area contributed by atoms with Gasteiger partial charge in [-0.1, -0.05) is 20.8 Å². The van der Waals surface area contributed by atoms with E-state index in [1.807, 2.05) is 0 Å². The van der Waals surface area contributed by atoms with Crippen LogP contribution in [0.15, 0.2) is 15.2 Å². The van der Waals surface area contributed by atoms with Crippen LogP contribution in [-0.2, 0) is 5.60 Å². The van der Waals surface area contributed by atoms with Crippen molar-refractivity contribution < 1.29 is 5.11 Å². The minimum atomic E-state index is -0.597. The van der Waals surface area contributed by atoms with Gasteiger partial charge < -0.3 is 5.11 Å². The fraction of sp³-hybridized carbons (Fsp3) is 0.714. The maximum Gasteiger partial charge on any atom is 0.0915 e. The van der Waals surface area contributed by atoms with E-state index in [1.54, 1.807) is 11.3 Å². The van der Waals surface area contributed by atoms with E-state index in [0.29, 0.717) is 5.41 Å². The normalized spacial score (nSPS) is 30.5. The minimum absolute atomic E-state index is 0.368. The van der Waals surface area contributed by atoms with Crippen molar-refractivity contribution in [1.29, 1.82) is 0 Å². The molecule has 1 N–H and O–H groups in total. The Labute approximate surface area is 116 Å². The fourth-order valence-corrected chi connectivity index (χ4v) is 4.60. The smallest absolute Gasteiger partial charge is 0.0915 e. The molecule has 0 radical (unpaired) electrons. The van der Waals surface area contributed by atoms with Crippen LogP contribution >= 0.6 is 27.3 Å². The zero-order valence-corrected chi connectivity index (χ0v) is 13.2. The van der Waals surface area contributed by atoms with Crippen molar-refractivity contribution in [2.45, 2.75) is 52.1 Å². The number of thiophene rings is 1. The highest BCUT2D eigenvalue weighted by Gasteiger charge is 2.39. The maximum absolute atomic E-state index is 10.8. The molecule has 0 unspecified atom stereocenters. The van der Waals surface area contributed by atoms with Crippen LogP contribution in [0.1, 0.15) is 52.0 Å². The van der Waals surface area contributed by atoms with Gasteiger partial charge in [0.25, 0.3) is 0 Å². The Morgan fingerprint density at radius 2 is 1.88 bits per heavy atom. The molecule has 96 valence electrons. The van der Waals surface area contributed by atoms with Crippen molar-refractivity contribution >= 4 is 27.3 Å². The third kappa shape index (κ3) is 2.77. The number of hydrogen-bond donors (Lipinski definition) is 1. The summed E-state index contributed by atoms with van der Waals surface area (Å²) < 4.78 is 1.07. The van der Waals surface area contributed by atoms with Crippen LogP contribution in [-0.4, -0.2) is 5.11 Å². The van der Waals surface area contributed by atoms with Gasteiger partial charge in [0.2, 0.25) is 0 Å². The predicted molar refractivity (Wildman–Crippen MR) is 77.3 cm³/mol. The van der Waals surface area contributed by atoms with E-state index < -0.39 is 5.60 Å². The van der Waals surface area contributed by atoms with Gasteiger partial charge in [0.05, 0.1) is 5.60 Å². The average Bonchev–Trinajstić information content (AvgIpc) is 2.64. The molecule has 1 nitrogen and oxygen atoms in total. The highest BCUT2D eigenvalue weighted by Crippen LogP contribution is 2.47. The lowest BCUT2D eigenvalue weighted by molar-refractivity contribution is -0.0300. The summed E-state index contributed by atoms with van der Waals surface area (Å²) in [4.78, 5) is 0. The SMILES string of the molecule is CC(C)(C)C1CCC(O)(c2cscc2Br)CC1. The second-order valence-electron chi connectivity index (χ2n) is 6.31. The summed E-state index contributed by atoms with van der Waals surface area (Å²) in [6.45, 7) is 6.92. The zero-order valence-electron chi connectivity index (χ0n) is 10.8. The third-order valence-corrected chi connectivity index (χ3v) is 5.86. The van der Waals surface area contributed by atoms with Gasteiger partial charge in [-0.3, -0.25) is 0 Å². The van der Waals surface area contributed by atoms with Crippen molar-refractivity contribution in [3.8, 4) is 0 Å². The highest BCUT2D eigenvalue weighted by molar-refractivity contribution is 9.10. The summed E-state index contributed by atoms with van der Waals surface area (Å²) in [5.74, 6) is 0.736. The number of rotatable bonds is 1. The molecule has 0 aliphatic heterocycles. The van der Waals surface area contributed by atoms with E-state index in [4.69, 9.17) is 0 Å². The van der Waals surface area contributed by atoms with Crippen LogP contribution in [0.3, 0.4) is 0 Å². The Morgan fingerprint density at radius 1 is 1.29 bits per heavy atom. The maximum atomic E-state index is 10.8. The van der Waals surface area contributed by atoms with Crippen LogP contribution in [0.5, 0.6) is 0 Å². The molecule has 1 aliphatic carbocycles. The standard InChI is InChI=1S/C14H21BrOS/c1-13(2,3)10-4-6-14(16,7-5-10)11-8-17-9-12(11)15/h8-10,16H,4-7H2,1-3H3. The summed E-state index contributed by atoms with van der Waals surface area (Å²) in [6, 6.07) is 0. The first kappa shape index (κ1) is 13.6. The fourth-order valence-electron chi connectivity index (χ4n) is 2.84. The van der Waals surface area contributed by atoms with E-state index in [1.165, 1.54) is 0 Å². The molecule has 0 atom stereocenters. The van der Waals surface area contributed by atoms with Gasteiger partial charge in [-0.25, -0.2) is 0 Å². The Hall–Kier alpha value is 0.140. The Bertz CT molecular complexity index is 383. The van der Waals surface area contributed by atoms with Crippen molar-refractivity contribution in [2.24, 2.45) is 11.3 Å². The molecule has 1 saturated carbocycles. The van der Waals surface area contributed by atoms with E-state index in [9.17, 15) is 5.11 Å². The van der Waals surface area contributed by atoms with Crippen molar-refractivity contribution in [3.63, 3.8) is 0 Å². The molecular weight excluding hydrogens is 296 g/mol. The summed E-state index contributed by atoms with van der Waals surface area (Å²) in [5.41, 5.74) is 0.864. The number of halogens is 1. The van der Waals surface area contributed by atoms with Gasteiger partial charge in [-0.15, -0.1) is 0 Å². The average molecular weight is 317 g/mol. The second-order valence-corrected chi connectivity index (χ2v) is 7.90. The van der Waals surface area contributed by atoms with Crippen LogP contribution in [0.4, 0.5) is 0 Å². The van der Waals surface area contributed by atoms with Crippen molar-refractivity contribution in [3.05, 3.63) is 20.8 Å². The lowest BCUT2D eigenvalue weighted by Gasteiger charge is -2.41. The van der Waals surface area contributed by atoms with E-state index in [2.05, 4.69) is 47.5 Å². The second kappa shape index (κ2) is 4.67. The monoisotopic (exact) mass is 316 g/mol. The third-order valence-electron chi connectivity index (χ3n) is 4.15. The topological polar surface area (TPSA) is 20.2 Å². The Balaban J connectivity index is 2.11. The van der Waals surface area contributed by atoms with Crippen LogP contribution in [0.25, 0.3) is 0 Å². The van der Waals surface area contributed by atoms with Crippen LogP contribution in [0, 0.1) is 11.3 Å². The summed E-state index contributed by atoms with van der Waals surface area (Å²) >= 11 is 5.20. The molecule has 0 bridgehead atoms. The van der Waals surface area contributed by atoms with Crippen molar-refractivity contribution in [1.82, 2.24) is 0 Å². The molecule has 0 aromatic carbocycles. The van der Waals surface area contributed by atoms with Gasteiger partial charge in [0, 0.05) is 15.4 Å². The van der Waals surface area contributed by atoms with Crippen LogP contribution in [0.2, 0.25) is 0 Å². The highest BCUT2D eigenvalue weighted by atomic mass is 79.9. The van der Waals surface area contributed by atoms with E-state index in [0.717, 1.165) is 41.6 Å². The first-order valence-corrected chi connectivity index (χ1v) is 8.01. The molecule has 2 rings (SSSR count). The largest absolute Gasteiger partial charge is 0.385 e. The minimum Gasteiger partial charge on any atom is -0.385 e. The van der Waals surface area contributed by atoms with Gasteiger partial charge in [0.15, 0.2) is 0 Å². The quantitative estimate of drug-likeness (QED) is 0.778. The van der Waals surface area contributed by atoms with Gasteiger partial charge in [0.1, 0.15) is 0 Å². The molecule has 1 heterocycles. The predicted octanol–water partition coefficient (Wildman–Crippen LogP) is 4.93. The first-order chi connectivity index (χ1) is 7.83. The summed E-state index contributed by atoms with van der Waals surface area (Å²) in [6.07, 6.45) is 4.04. The molecular formula is C14H21BrOS. The molecule has 17 heavy (non-hydrogen) atoms. The molecule has 0 amide bonds. The zero-order chi connectivity index (χ0) is 12.7. The Kier molecular flexibility index (Phi) is 3.73. The molecule has 0 spiro atoms. The molecule has 3 heteroatoms. The number of aliphatic hydroxyl groups is 1. The molecule has 1 aliphatic rings. The lowest BCUT2D eigenvalue weighted by Crippen LogP contribution is -2.35. The summed E-state index contributed by atoms with van der Waals surface area (Å²) in [7, 11) is 0. The molecule has 0 saturated heterocycles. The first-order valence-electron chi connectivity index (χ1n) is 6.27. The van der Waals surface area contributed by atoms with Gasteiger partial charge >= 0.3 is 0 Å². The van der Waals surface area contributed by atoms with E-state index >= 15 is 0 Å².